The Balaban J connectivity index is 1.71. The van der Waals surface area contributed by atoms with Crippen LogP contribution in [0.5, 0.6) is 0 Å². The van der Waals surface area contributed by atoms with Crippen molar-refractivity contribution in [2.45, 2.75) is 38.0 Å². The lowest BCUT2D eigenvalue weighted by Gasteiger charge is -2.20. The van der Waals surface area contributed by atoms with Gasteiger partial charge in [-0.05, 0) is 6.42 Å². The lowest BCUT2D eigenvalue weighted by molar-refractivity contribution is -0.128. The van der Waals surface area contributed by atoms with Crippen molar-refractivity contribution in [3.8, 4) is 0 Å². The Morgan fingerprint density at radius 2 is 1.78 bits per heavy atom. The van der Waals surface area contributed by atoms with E-state index in [0.29, 0.717) is 26.3 Å². The molecule has 3 saturated heterocycles. The van der Waals surface area contributed by atoms with E-state index in [1.807, 2.05) is 6.92 Å². The van der Waals surface area contributed by atoms with Crippen molar-refractivity contribution in [3.63, 3.8) is 0 Å². The number of hydrogen-bond acceptors (Lipinski definition) is 4. The number of amides is 3. The van der Waals surface area contributed by atoms with E-state index in [9.17, 15) is 9.59 Å². The van der Waals surface area contributed by atoms with Gasteiger partial charge in [0, 0.05) is 0 Å². The number of urea groups is 1. The molecule has 100 valence electrons. The maximum atomic E-state index is 12.2. The summed E-state index contributed by atoms with van der Waals surface area (Å²) < 4.78 is 10.3. The molecule has 3 unspecified atom stereocenters. The first-order valence-corrected chi connectivity index (χ1v) is 6.56. The molecule has 3 aliphatic rings. The Hall–Kier alpha value is -1.14. The van der Waals surface area contributed by atoms with Gasteiger partial charge in [-0.3, -0.25) is 9.69 Å². The number of rotatable bonds is 6. The predicted molar refractivity (Wildman–Crippen MR) is 62.0 cm³/mol. The maximum absolute atomic E-state index is 12.2. The van der Waals surface area contributed by atoms with Crippen molar-refractivity contribution in [3.05, 3.63) is 0 Å². The molecule has 3 rings (SSSR count). The molecule has 18 heavy (non-hydrogen) atoms. The molecule has 3 amide bonds. The van der Waals surface area contributed by atoms with Gasteiger partial charge >= 0.3 is 6.03 Å². The number of epoxide rings is 2. The number of carbonyl (C=O) groups excluding carboxylic acids is 2. The first-order valence-electron chi connectivity index (χ1n) is 6.56. The molecule has 0 N–H and O–H groups in total. The van der Waals surface area contributed by atoms with E-state index >= 15 is 0 Å². The van der Waals surface area contributed by atoms with Crippen molar-refractivity contribution in [1.29, 1.82) is 0 Å². The van der Waals surface area contributed by atoms with Crippen LogP contribution >= 0.6 is 0 Å². The zero-order valence-corrected chi connectivity index (χ0v) is 10.5. The summed E-state index contributed by atoms with van der Waals surface area (Å²) in [5.74, 6) is -0.0713. The van der Waals surface area contributed by atoms with Gasteiger partial charge in [-0.2, -0.15) is 0 Å². The Morgan fingerprint density at radius 1 is 1.17 bits per heavy atom. The maximum Gasteiger partial charge on any atom is 0.327 e. The highest BCUT2D eigenvalue weighted by molar-refractivity contribution is 6.04. The number of hydrogen-bond donors (Lipinski definition) is 0. The third-order valence-corrected chi connectivity index (χ3v) is 3.56. The Bertz CT molecular complexity index is 365. The minimum atomic E-state index is -0.301. The highest BCUT2D eigenvalue weighted by Gasteiger charge is 2.48. The second kappa shape index (κ2) is 4.51. The standard InChI is InChI=1S/C12H18N2O4/c1-2-3-10-11(15)14(5-9-7-18-9)12(16)13(10)4-8-6-17-8/h8-10H,2-7H2,1H3. The smallest absolute Gasteiger partial charge is 0.327 e. The second-order valence-corrected chi connectivity index (χ2v) is 5.10. The van der Waals surface area contributed by atoms with E-state index < -0.39 is 0 Å². The van der Waals surface area contributed by atoms with Gasteiger partial charge in [0.2, 0.25) is 0 Å². The minimum Gasteiger partial charge on any atom is -0.371 e. The lowest BCUT2D eigenvalue weighted by atomic mass is 10.1. The van der Waals surface area contributed by atoms with Gasteiger partial charge < -0.3 is 14.4 Å². The van der Waals surface area contributed by atoms with Crippen LogP contribution in [0.15, 0.2) is 0 Å². The van der Waals surface area contributed by atoms with E-state index in [1.165, 1.54) is 4.90 Å². The van der Waals surface area contributed by atoms with E-state index in [4.69, 9.17) is 9.47 Å². The highest BCUT2D eigenvalue weighted by Crippen LogP contribution is 2.26. The van der Waals surface area contributed by atoms with Crippen LogP contribution in [-0.2, 0) is 14.3 Å². The molecule has 6 nitrogen and oxygen atoms in total. The molecule has 0 aromatic rings. The van der Waals surface area contributed by atoms with E-state index in [2.05, 4.69) is 0 Å². The van der Waals surface area contributed by atoms with Crippen molar-refractivity contribution in [2.24, 2.45) is 0 Å². The number of imide groups is 1. The molecule has 0 spiro atoms. The first-order chi connectivity index (χ1) is 8.70. The van der Waals surface area contributed by atoms with Gasteiger partial charge in [-0.1, -0.05) is 13.3 Å². The average Bonchev–Trinajstić information content (AvgIpc) is 3.23. The summed E-state index contributed by atoms with van der Waals surface area (Å²) in [6.45, 7) is 4.32. The minimum absolute atomic E-state index is 0.0531. The molecule has 0 saturated carbocycles. The predicted octanol–water partition coefficient (Wildman–Crippen LogP) is 0.217. The van der Waals surface area contributed by atoms with Crippen LogP contribution < -0.4 is 0 Å². The molecule has 3 heterocycles. The molecule has 3 atom stereocenters. The van der Waals surface area contributed by atoms with E-state index in [0.717, 1.165) is 12.8 Å². The molecule has 0 bridgehead atoms. The zero-order chi connectivity index (χ0) is 12.7. The fourth-order valence-corrected chi connectivity index (χ4v) is 2.39. The summed E-state index contributed by atoms with van der Waals surface area (Å²) >= 11 is 0. The van der Waals surface area contributed by atoms with Gasteiger partial charge in [0.05, 0.1) is 38.5 Å². The van der Waals surface area contributed by atoms with Crippen LogP contribution in [0.1, 0.15) is 19.8 Å². The van der Waals surface area contributed by atoms with Crippen LogP contribution in [-0.4, -0.2) is 66.3 Å². The lowest BCUT2D eigenvalue weighted by Crippen LogP contribution is -2.38. The van der Waals surface area contributed by atoms with Gasteiger partial charge in [0.25, 0.3) is 5.91 Å². The molecular formula is C12H18N2O4. The van der Waals surface area contributed by atoms with E-state index in [1.54, 1.807) is 4.90 Å². The number of carbonyl (C=O) groups is 2. The zero-order valence-electron chi connectivity index (χ0n) is 10.5. The first kappa shape index (κ1) is 11.9. The third kappa shape index (κ3) is 2.22. The van der Waals surface area contributed by atoms with Crippen molar-refractivity contribution in [2.75, 3.05) is 26.3 Å². The normalized spacial score (nSPS) is 34.4. The Morgan fingerprint density at radius 3 is 2.33 bits per heavy atom. The van der Waals surface area contributed by atoms with Crippen LogP contribution in [0.4, 0.5) is 4.79 Å². The highest BCUT2D eigenvalue weighted by atomic mass is 16.6. The summed E-state index contributed by atoms with van der Waals surface area (Å²) in [7, 11) is 0. The number of ether oxygens (including phenoxy) is 2. The van der Waals surface area contributed by atoms with Crippen molar-refractivity contribution >= 4 is 11.9 Å². The monoisotopic (exact) mass is 254 g/mol. The van der Waals surface area contributed by atoms with Gasteiger partial charge in [0.15, 0.2) is 0 Å². The molecule has 0 aromatic carbocycles. The van der Waals surface area contributed by atoms with Gasteiger partial charge in [0.1, 0.15) is 6.04 Å². The fraction of sp³-hybridized carbons (Fsp3) is 0.833. The van der Waals surface area contributed by atoms with Gasteiger partial charge in [-0.25, -0.2) is 4.79 Å². The summed E-state index contributed by atoms with van der Waals surface area (Å²) in [6, 6.07) is -0.477. The second-order valence-electron chi connectivity index (χ2n) is 5.10. The summed E-state index contributed by atoms with van der Waals surface area (Å²) in [4.78, 5) is 27.5. The largest absolute Gasteiger partial charge is 0.371 e. The summed E-state index contributed by atoms with van der Waals surface area (Å²) in [5.41, 5.74) is 0. The van der Waals surface area contributed by atoms with E-state index in [-0.39, 0.29) is 30.2 Å². The molecule has 0 aliphatic carbocycles. The summed E-state index contributed by atoms with van der Waals surface area (Å²) in [6.07, 6.45) is 1.79. The molecule has 6 heteroatoms. The molecule has 0 radical (unpaired) electrons. The van der Waals surface area contributed by atoms with Crippen LogP contribution in [0.2, 0.25) is 0 Å². The van der Waals surface area contributed by atoms with Crippen LogP contribution in [0.25, 0.3) is 0 Å². The molecule has 3 aliphatic heterocycles. The SMILES string of the molecule is CCCC1C(=O)N(CC2CO2)C(=O)N1CC1CO1. The quantitative estimate of drug-likeness (QED) is 0.502. The van der Waals surface area contributed by atoms with Crippen LogP contribution in [0, 0.1) is 0 Å². The summed E-state index contributed by atoms with van der Waals surface area (Å²) in [5, 5.41) is 0. The average molecular weight is 254 g/mol. The molecule has 3 fully saturated rings. The van der Waals surface area contributed by atoms with Crippen LogP contribution in [0.3, 0.4) is 0 Å². The molecular weight excluding hydrogens is 236 g/mol. The topological polar surface area (TPSA) is 65.7 Å². The third-order valence-electron chi connectivity index (χ3n) is 3.56. The molecule has 0 aromatic heterocycles. The fourth-order valence-electron chi connectivity index (χ4n) is 2.39. The Labute approximate surface area is 106 Å². The Kier molecular flexibility index (Phi) is 2.99. The van der Waals surface area contributed by atoms with Crippen molar-refractivity contribution in [1.82, 2.24) is 9.80 Å². The number of nitrogens with zero attached hydrogens (tertiary/aromatic N) is 2. The van der Waals surface area contributed by atoms with Crippen molar-refractivity contribution < 1.29 is 19.1 Å². The van der Waals surface area contributed by atoms with Gasteiger partial charge in [-0.15, -0.1) is 0 Å².